The van der Waals surface area contributed by atoms with Gasteiger partial charge in [-0.25, -0.2) is 14.4 Å². The van der Waals surface area contributed by atoms with Gasteiger partial charge in [0.1, 0.15) is 5.82 Å². The number of aromatic nitrogens is 2. The molecule has 32 heavy (non-hydrogen) atoms. The summed E-state index contributed by atoms with van der Waals surface area (Å²) in [6.07, 6.45) is 2.30. The first-order valence-corrected chi connectivity index (χ1v) is 11.0. The third kappa shape index (κ3) is 8.28. The molecule has 1 aromatic carbocycles. The van der Waals surface area contributed by atoms with E-state index < -0.39 is 24.6 Å². The second-order valence-electron chi connectivity index (χ2n) is 7.43. The number of aliphatic carboxylic acids is 1. The Morgan fingerprint density at radius 1 is 1.22 bits per heavy atom. The van der Waals surface area contributed by atoms with Crippen LogP contribution in [0.4, 0.5) is 10.3 Å². The van der Waals surface area contributed by atoms with E-state index >= 15 is 0 Å². The van der Waals surface area contributed by atoms with Gasteiger partial charge in [0, 0.05) is 30.9 Å². The van der Waals surface area contributed by atoms with Crippen molar-refractivity contribution in [1.29, 1.82) is 0 Å². The molecule has 2 aromatic rings. The molecule has 1 aromatic heterocycles. The number of hydrogen-bond acceptors (Lipinski definition) is 7. The number of carboxylic acids is 1. The number of rotatable bonds is 10. The molecule has 7 nitrogen and oxygen atoms in total. The molecule has 2 rings (SSSR count). The Morgan fingerprint density at radius 3 is 2.38 bits per heavy atom. The van der Waals surface area contributed by atoms with E-state index in [9.17, 15) is 19.4 Å². The van der Waals surface area contributed by atoms with Gasteiger partial charge in [0.25, 0.3) is 0 Å². The number of aliphatic hydroxyl groups excluding tert-OH is 2. The van der Waals surface area contributed by atoms with Crippen LogP contribution in [-0.2, 0) is 4.79 Å². The van der Waals surface area contributed by atoms with Crippen molar-refractivity contribution < 1.29 is 24.5 Å². The molecule has 0 saturated carbocycles. The maximum absolute atomic E-state index is 13.5. The summed E-state index contributed by atoms with van der Waals surface area (Å²) in [7, 11) is 1.85. The Balaban J connectivity index is 0.00000512. The molecule has 0 aliphatic heterocycles. The van der Waals surface area contributed by atoms with E-state index in [0.717, 1.165) is 5.69 Å². The summed E-state index contributed by atoms with van der Waals surface area (Å²) < 4.78 is 15.3. The van der Waals surface area contributed by atoms with Gasteiger partial charge in [-0.05, 0) is 30.2 Å². The summed E-state index contributed by atoms with van der Waals surface area (Å²) in [6, 6.07) is 5.98. The van der Waals surface area contributed by atoms with Crippen molar-refractivity contribution in [2.45, 2.75) is 44.8 Å². The molecule has 0 spiro atoms. The quantitative estimate of drug-likeness (QED) is 0.344. The molecular formula is C22H30CaFN3O4S. The Hall–Kier alpha value is -1.23. The average molecular weight is 492 g/mol. The molecule has 0 amide bonds. The predicted molar refractivity (Wildman–Crippen MR) is 130 cm³/mol. The minimum absolute atomic E-state index is 0. The van der Waals surface area contributed by atoms with Crippen molar-refractivity contribution >= 4 is 67.7 Å². The van der Waals surface area contributed by atoms with E-state index in [1.54, 1.807) is 18.2 Å². The molecular weight excluding hydrogens is 461 g/mol. The van der Waals surface area contributed by atoms with E-state index in [1.165, 1.54) is 30.2 Å². The van der Waals surface area contributed by atoms with Crippen molar-refractivity contribution in [3.63, 3.8) is 0 Å². The van der Waals surface area contributed by atoms with Crippen LogP contribution in [0, 0.1) is 5.82 Å². The van der Waals surface area contributed by atoms with Crippen molar-refractivity contribution in [3.8, 4) is 11.3 Å². The van der Waals surface area contributed by atoms with E-state index in [1.807, 2.05) is 31.5 Å². The summed E-state index contributed by atoms with van der Waals surface area (Å²) in [5.41, 5.74) is 2.71. The van der Waals surface area contributed by atoms with Crippen LogP contribution >= 0.6 is 11.9 Å². The third-order valence-electron chi connectivity index (χ3n) is 4.59. The Bertz CT molecular complexity index is 928. The summed E-state index contributed by atoms with van der Waals surface area (Å²) in [4.78, 5) is 20.1. The number of anilines is 1. The van der Waals surface area contributed by atoms with Crippen LogP contribution in [0.25, 0.3) is 17.3 Å². The first-order chi connectivity index (χ1) is 14.6. The zero-order valence-corrected chi connectivity index (χ0v) is 18.8. The van der Waals surface area contributed by atoms with Gasteiger partial charge in [-0.3, -0.25) is 9.10 Å². The maximum atomic E-state index is 13.5. The fraction of sp³-hybridized carbons (Fsp3) is 0.409. The van der Waals surface area contributed by atoms with Gasteiger partial charge < -0.3 is 15.3 Å². The van der Waals surface area contributed by atoms with Crippen molar-refractivity contribution in [2.24, 2.45) is 0 Å². The number of halogens is 1. The van der Waals surface area contributed by atoms with Crippen molar-refractivity contribution in [1.82, 2.24) is 9.97 Å². The minimum atomic E-state index is -1.16. The van der Waals surface area contributed by atoms with Gasteiger partial charge in [0.2, 0.25) is 5.95 Å². The van der Waals surface area contributed by atoms with Crippen LogP contribution in [0.3, 0.4) is 0 Å². The second-order valence-corrected chi connectivity index (χ2v) is 8.34. The standard InChI is InChI=1S/C22H28FN3O4S.Ca.2H/c1-13(2)20-18(10-9-16(27)11-17(28)12-19(29)30)21(14-5-7-15(23)8-6-14)25-22(24-20)26(3)31-4;;;/h5-10,13,16-17,27-28H,11-12H2,1-4H3,(H,29,30);;;/t16-,17-;;;/m1.../s1. The fourth-order valence-corrected chi connectivity index (χ4v) is 3.22. The topological polar surface area (TPSA) is 107 Å². The van der Waals surface area contributed by atoms with E-state index in [-0.39, 0.29) is 55.9 Å². The van der Waals surface area contributed by atoms with Gasteiger partial charge in [0.15, 0.2) is 0 Å². The zero-order valence-electron chi connectivity index (χ0n) is 18.0. The molecule has 0 radical (unpaired) electrons. The molecule has 1 heterocycles. The van der Waals surface area contributed by atoms with Crippen LogP contribution in [-0.4, -0.2) is 94.5 Å². The average Bonchev–Trinajstić information content (AvgIpc) is 2.70. The number of carbonyl (C=O) groups is 1. The number of benzene rings is 1. The van der Waals surface area contributed by atoms with Crippen molar-refractivity contribution in [2.75, 3.05) is 17.6 Å². The SMILES string of the molecule is CSN(C)c1nc(-c2ccc(F)cc2)c(C=C[C@@H](O)C[C@@H](O)CC(=O)O)c(C(C)C)n1.[CaH2]. The van der Waals surface area contributed by atoms with Crippen LogP contribution in [0.15, 0.2) is 30.3 Å². The summed E-state index contributed by atoms with van der Waals surface area (Å²) in [5.74, 6) is -0.953. The van der Waals surface area contributed by atoms with Crippen LogP contribution < -0.4 is 4.31 Å². The first kappa shape index (κ1) is 28.8. The monoisotopic (exact) mass is 491 g/mol. The van der Waals surface area contributed by atoms with Gasteiger partial charge in [-0.15, -0.1) is 0 Å². The van der Waals surface area contributed by atoms with Crippen LogP contribution in [0.5, 0.6) is 0 Å². The van der Waals surface area contributed by atoms with Crippen molar-refractivity contribution in [3.05, 3.63) is 47.4 Å². The predicted octanol–water partition coefficient (Wildman–Crippen LogP) is 2.80. The molecule has 0 saturated heterocycles. The molecule has 0 fully saturated rings. The Labute approximate surface area is 221 Å². The molecule has 0 aliphatic rings. The number of aliphatic hydroxyl groups is 2. The van der Waals surface area contributed by atoms with Gasteiger partial charge in [-0.2, -0.15) is 0 Å². The molecule has 2 atom stereocenters. The second kappa shape index (κ2) is 13.5. The Kier molecular flexibility index (Phi) is 12.1. The summed E-state index contributed by atoms with van der Waals surface area (Å²) in [6.45, 7) is 3.98. The van der Waals surface area contributed by atoms with Crippen LogP contribution in [0.1, 0.15) is 43.9 Å². The third-order valence-corrected chi connectivity index (χ3v) is 5.30. The van der Waals surface area contributed by atoms with Gasteiger partial charge >= 0.3 is 43.7 Å². The first-order valence-electron chi connectivity index (χ1n) is 9.84. The molecule has 0 unspecified atom stereocenters. The Morgan fingerprint density at radius 2 is 1.84 bits per heavy atom. The fourth-order valence-electron chi connectivity index (χ4n) is 2.98. The number of hydrogen-bond donors (Lipinski definition) is 3. The van der Waals surface area contributed by atoms with E-state index in [2.05, 4.69) is 9.97 Å². The van der Waals surface area contributed by atoms with Gasteiger partial charge in [-0.1, -0.05) is 37.9 Å². The van der Waals surface area contributed by atoms with Crippen LogP contribution in [0.2, 0.25) is 0 Å². The number of carboxylic acid groups (broad SMARTS) is 1. The van der Waals surface area contributed by atoms with E-state index in [0.29, 0.717) is 22.8 Å². The molecule has 3 N–H and O–H groups in total. The normalized spacial score (nSPS) is 13.1. The summed E-state index contributed by atoms with van der Waals surface area (Å²) in [5, 5.41) is 28.8. The molecule has 172 valence electrons. The van der Waals surface area contributed by atoms with Gasteiger partial charge in [0.05, 0.1) is 30.0 Å². The molecule has 0 aliphatic carbocycles. The summed E-state index contributed by atoms with van der Waals surface area (Å²) >= 11 is 1.45. The molecule has 0 bridgehead atoms. The zero-order chi connectivity index (χ0) is 23.1. The molecule has 10 heteroatoms. The van der Waals surface area contributed by atoms with E-state index in [4.69, 9.17) is 5.11 Å². The number of nitrogens with zero attached hydrogens (tertiary/aromatic N) is 3.